The second-order valence-corrected chi connectivity index (χ2v) is 5.33. The highest BCUT2D eigenvalue weighted by atomic mass is 16.3. The van der Waals surface area contributed by atoms with Crippen LogP contribution in [-0.2, 0) is 5.41 Å². The molecule has 86 valence electrons. The van der Waals surface area contributed by atoms with Gasteiger partial charge in [-0.25, -0.2) is 4.98 Å². The summed E-state index contributed by atoms with van der Waals surface area (Å²) in [6, 6.07) is 7.76. The molecule has 0 unspecified atom stereocenters. The lowest BCUT2D eigenvalue weighted by molar-refractivity contribution is 0.251. The van der Waals surface area contributed by atoms with Gasteiger partial charge in [-0.05, 0) is 39.8 Å². The third kappa shape index (κ3) is 1.61. The number of benzene rings is 1. The van der Waals surface area contributed by atoms with Crippen LogP contribution in [0.2, 0.25) is 0 Å². The molecule has 0 fully saturated rings. The van der Waals surface area contributed by atoms with Gasteiger partial charge in [0, 0.05) is 5.54 Å². The summed E-state index contributed by atoms with van der Waals surface area (Å²) in [5, 5.41) is 0. The van der Waals surface area contributed by atoms with Crippen LogP contribution in [0.4, 0.5) is 0 Å². The van der Waals surface area contributed by atoms with Gasteiger partial charge in [0.15, 0.2) is 5.58 Å². The lowest BCUT2D eigenvalue weighted by Gasteiger charge is -2.35. The second-order valence-electron chi connectivity index (χ2n) is 5.33. The van der Waals surface area contributed by atoms with Gasteiger partial charge in [0.05, 0.1) is 5.41 Å². The number of hydrogen-bond acceptors (Lipinski definition) is 3. The van der Waals surface area contributed by atoms with Crippen LogP contribution in [0.3, 0.4) is 0 Å². The second kappa shape index (κ2) is 3.32. The zero-order valence-corrected chi connectivity index (χ0v) is 10.2. The molecule has 1 heterocycles. The van der Waals surface area contributed by atoms with Gasteiger partial charge in [0.25, 0.3) is 0 Å². The third-order valence-corrected chi connectivity index (χ3v) is 3.44. The first-order valence-electron chi connectivity index (χ1n) is 5.47. The van der Waals surface area contributed by atoms with Crippen molar-refractivity contribution in [2.75, 3.05) is 0 Å². The predicted octanol–water partition coefficient (Wildman–Crippen LogP) is 2.84. The lowest BCUT2D eigenvalue weighted by Crippen LogP contribution is -2.50. The lowest BCUT2D eigenvalue weighted by atomic mass is 9.75. The number of oxazole rings is 1. The minimum Gasteiger partial charge on any atom is -0.440 e. The molecule has 0 spiro atoms. The summed E-state index contributed by atoms with van der Waals surface area (Å²) in [7, 11) is 0. The first kappa shape index (κ1) is 11.1. The molecule has 0 bridgehead atoms. The molecule has 0 saturated carbocycles. The molecule has 1 aromatic heterocycles. The highest BCUT2D eigenvalue weighted by Crippen LogP contribution is 2.33. The summed E-state index contributed by atoms with van der Waals surface area (Å²) >= 11 is 0. The average Bonchev–Trinajstić information content (AvgIpc) is 2.59. The number of para-hydroxylation sites is 2. The van der Waals surface area contributed by atoms with Crippen LogP contribution >= 0.6 is 0 Å². The smallest absolute Gasteiger partial charge is 0.202 e. The molecule has 0 aliphatic heterocycles. The Kier molecular flexibility index (Phi) is 2.31. The van der Waals surface area contributed by atoms with E-state index in [-0.39, 0.29) is 11.0 Å². The molecular formula is C13H18N2O. The molecular weight excluding hydrogens is 200 g/mol. The topological polar surface area (TPSA) is 52.0 Å². The Labute approximate surface area is 95.7 Å². The van der Waals surface area contributed by atoms with Crippen molar-refractivity contribution in [1.82, 2.24) is 4.98 Å². The quantitative estimate of drug-likeness (QED) is 0.843. The Hall–Kier alpha value is -1.35. The van der Waals surface area contributed by atoms with Crippen LogP contribution in [0.25, 0.3) is 11.1 Å². The molecule has 0 amide bonds. The van der Waals surface area contributed by atoms with E-state index in [2.05, 4.69) is 18.8 Å². The maximum absolute atomic E-state index is 6.17. The molecule has 3 heteroatoms. The molecule has 16 heavy (non-hydrogen) atoms. The molecule has 2 N–H and O–H groups in total. The van der Waals surface area contributed by atoms with Crippen molar-refractivity contribution < 1.29 is 4.42 Å². The largest absolute Gasteiger partial charge is 0.440 e. The van der Waals surface area contributed by atoms with Crippen LogP contribution in [0.1, 0.15) is 33.6 Å². The number of hydrogen-bond donors (Lipinski definition) is 1. The Bertz CT molecular complexity index is 473. The van der Waals surface area contributed by atoms with Crippen molar-refractivity contribution in [1.29, 1.82) is 0 Å². The summed E-state index contributed by atoms with van der Waals surface area (Å²) in [5.41, 5.74) is 7.19. The highest BCUT2D eigenvalue weighted by Gasteiger charge is 2.39. The molecule has 2 aromatic rings. The Morgan fingerprint density at radius 1 is 1.12 bits per heavy atom. The molecule has 0 radical (unpaired) electrons. The summed E-state index contributed by atoms with van der Waals surface area (Å²) in [6.07, 6.45) is 0. The van der Waals surface area contributed by atoms with Gasteiger partial charge >= 0.3 is 0 Å². The normalized spacial score (nSPS) is 13.3. The Balaban J connectivity index is 2.56. The number of nitrogens with two attached hydrogens (primary N) is 1. The van der Waals surface area contributed by atoms with Crippen LogP contribution < -0.4 is 5.73 Å². The minimum atomic E-state index is -0.381. The number of aromatic nitrogens is 1. The van der Waals surface area contributed by atoms with Gasteiger partial charge in [-0.15, -0.1) is 0 Å². The standard InChI is InChI=1S/C13H18N2O/c1-12(2,13(3,4)14)11-15-9-7-5-6-8-10(9)16-11/h5-8H,14H2,1-4H3. The zero-order chi connectivity index (χ0) is 12.0. The maximum atomic E-state index is 6.17. The van der Waals surface area contributed by atoms with E-state index in [0.29, 0.717) is 5.89 Å². The summed E-state index contributed by atoms with van der Waals surface area (Å²) in [5.74, 6) is 0.696. The molecule has 3 nitrogen and oxygen atoms in total. The van der Waals surface area contributed by atoms with E-state index in [4.69, 9.17) is 10.2 Å². The maximum Gasteiger partial charge on any atom is 0.202 e. The highest BCUT2D eigenvalue weighted by molar-refractivity contribution is 5.72. The van der Waals surface area contributed by atoms with Gasteiger partial charge in [-0.1, -0.05) is 12.1 Å². The average molecular weight is 218 g/mol. The van der Waals surface area contributed by atoms with Crippen LogP contribution in [0.15, 0.2) is 28.7 Å². The molecule has 0 aliphatic rings. The van der Waals surface area contributed by atoms with Crippen LogP contribution in [0, 0.1) is 0 Å². The minimum absolute atomic E-state index is 0.300. The SMILES string of the molecule is CC(C)(N)C(C)(C)c1nc2ccccc2o1. The van der Waals surface area contributed by atoms with Crippen molar-refractivity contribution in [3.8, 4) is 0 Å². The van der Waals surface area contributed by atoms with Crippen LogP contribution in [0.5, 0.6) is 0 Å². The Morgan fingerprint density at radius 3 is 2.31 bits per heavy atom. The molecule has 1 aromatic carbocycles. The summed E-state index contributed by atoms with van der Waals surface area (Å²) in [6.45, 7) is 8.08. The van der Waals surface area contributed by atoms with Gasteiger partial charge in [0.2, 0.25) is 5.89 Å². The van der Waals surface area contributed by atoms with E-state index >= 15 is 0 Å². The number of rotatable bonds is 2. The first-order valence-corrected chi connectivity index (χ1v) is 5.47. The summed E-state index contributed by atoms with van der Waals surface area (Å²) in [4.78, 5) is 4.50. The van der Waals surface area contributed by atoms with E-state index in [9.17, 15) is 0 Å². The molecule has 2 rings (SSSR count). The van der Waals surface area contributed by atoms with E-state index in [0.717, 1.165) is 11.1 Å². The number of nitrogens with zero attached hydrogens (tertiary/aromatic N) is 1. The number of fused-ring (bicyclic) bond motifs is 1. The fourth-order valence-electron chi connectivity index (χ4n) is 1.42. The molecule has 0 aliphatic carbocycles. The fraction of sp³-hybridized carbons (Fsp3) is 0.462. The van der Waals surface area contributed by atoms with Crippen molar-refractivity contribution in [3.05, 3.63) is 30.2 Å². The van der Waals surface area contributed by atoms with Crippen molar-refractivity contribution in [2.45, 2.75) is 38.6 Å². The van der Waals surface area contributed by atoms with Crippen molar-refractivity contribution in [2.24, 2.45) is 5.73 Å². The molecule has 0 saturated heterocycles. The van der Waals surface area contributed by atoms with E-state index in [1.54, 1.807) is 0 Å². The predicted molar refractivity (Wildman–Crippen MR) is 65.3 cm³/mol. The van der Waals surface area contributed by atoms with Gasteiger partial charge < -0.3 is 10.2 Å². The monoisotopic (exact) mass is 218 g/mol. The van der Waals surface area contributed by atoms with E-state index < -0.39 is 0 Å². The summed E-state index contributed by atoms with van der Waals surface area (Å²) < 4.78 is 5.77. The van der Waals surface area contributed by atoms with Crippen LogP contribution in [-0.4, -0.2) is 10.5 Å². The van der Waals surface area contributed by atoms with Crippen molar-refractivity contribution in [3.63, 3.8) is 0 Å². The fourth-order valence-corrected chi connectivity index (χ4v) is 1.42. The zero-order valence-electron chi connectivity index (χ0n) is 10.2. The Morgan fingerprint density at radius 2 is 1.75 bits per heavy atom. The van der Waals surface area contributed by atoms with Crippen molar-refractivity contribution >= 4 is 11.1 Å². The van der Waals surface area contributed by atoms with E-state index in [1.807, 2.05) is 38.1 Å². The van der Waals surface area contributed by atoms with Gasteiger partial charge in [-0.3, -0.25) is 0 Å². The van der Waals surface area contributed by atoms with Gasteiger partial charge in [-0.2, -0.15) is 0 Å². The van der Waals surface area contributed by atoms with Gasteiger partial charge in [0.1, 0.15) is 5.52 Å². The first-order chi connectivity index (χ1) is 7.32. The van der Waals surface area contributed by atoms with E-state index in [1.165, 1.54) is 0 Å². The third-order valence-electron chi connectivity index (χ3n) is 3.44. The molecule has 0 atom stereocenters.